The van der Waals surface area contributed by atoms with Gasteiger partial charge in [-0.3, -0.25) is 4.79 Å². The Bertz CT molecular complexity index is 1540. The van der Waals surface area contributed by atoms with E-state index in [0.29, 0.717) is 51.8 Å². The Morgan fingerprint density at radius 2 is 1.79 bits per heavy atom. The lowest BCUT2D eigenvalue weighted by Crippen LogP contribution is -2.31. The summed E-state index contributed by atoms with van der Waals surface area (Å²) in [5.41, 5.74) is 3.09. The van der Waals surface area contributed by atoms with Crippen molar-refractivity contribution in [3.8, 4) is 17.2 Å². The van der Waals surface area contributed by atoms with Gasteiger partial charge in [0.25, 0.3) is 5.91 Å². The second-order valence-electron chi connectivity index (χ2n) is 8.72. The highest BCUT2D eigenvalue weighted by molar-refractivity contribution is 6.32. The zero-order chi connectivity index (χ0) is 27.5. The van der Waals surface area contributed by atoms with Crippen LogP contribution in [0.25, 0.3) is 0 Å². The van der Waals surface area contributed by atoms with Gasteiger partial charge in [-0.15, -0.1) is 0 Å². The van der Waals surface area contributed by atoms with Crippen molar-refractivity contribution < 1.29 is 23.4 Å². The molecule has 0 unspecified atom stereocenters. The summed E-state index contributed by atoms with van der Waals surface area (Å²) in [7, 11) is 2.98. The molecule has 0 spiro atoms. The Morgan fingerprint density at radius 3 is 2.49 bits per heavy atom. The van der Waals surface area contributed by atoms with E-state index in [1.165, 1.54) is 32.7 Å². The van der Waals surface area contributed by atoms with Crippen molar-refractivity contribution in [1.82, 2.24) is 14.8 Å². The summed E-state index contributed by atoms with van der Waals surface area (Å²) in [6.45, 7) is 2.10. The first-order valence-corrected chi connectivity index (χ1v) is 12.3. The third kappa shape index (κ3) is 5.37. The smallest absolute Gasteiger partial charge is 0.255 e. The van der Waals surface area contributed by atoms with Gasteiger partial charge in [0.05, 0.1) is 30.5 Å². The van der Waals surface area contributed by atoms with Gasteiger partial charge >= 0.3 is 0 Å². The summed E-state index contributed by atoms with van der Waals surface area (Å²) in [4.78, 5) is 18.0. The number of benzene rings is 3. The SMILES string of the molecule is COc1cc(NC(=O)C2=C(C)Nc3ncnn3[C@@H]2c2ccc(OCc3ccc(F)cc3)cc2)c(OC)cc1Cl. The first-order chi connectivity index (χ1) is 18.9. The second kappa shape index (κ2) is 11.0. The molecule has 0 bridgehead atoms. The lowest BCUT2D eigenvalue weighted by Gasteiger charge is -2.29. The fraction of sp³-hybridized carbons (Fsp3) is 0.179. The maximum Gasteiger partial charge on any atom is 0.255 e. The first kappa shape index (κ1) is 26.1. The maximum atomic E-state index is 13.7. The molecule has 9 nitrogen and oxygen atoms in total. The predicted octanol–water partition coefficient (Wildman–Crippen LogP) is 5.59. The van der Waals surface area contributed by atoms with E-state index in [2.05, 4.69) is 20.7 Å². The van der Waals surface area contributed by atoms with Crippen LogP contribution in [0.4, 0.5) is 16.0 Å². The Kier molecular flexibility index (Phi) is 7.38. The molecule has 2 N–H and O–H groups in total. The van der Waals surface area contributed by atoms with Gasteiger partial charge in [0.1, 0.15) is 42.0 Å². The van der Waals surface area contributed by atoms with Crippen LogP contribution in [0.3, 0.4) is 0 Å². The Balaban J connectivity index is 1.43. The molecule has 0 saturated carbocycles. The highest BCUT2D eigenvalue weighted by atomic mass is 35.5. The second-order valence-corrected chi connectivity index (χ2v) is 9.13. The van der Waals surface area contributed by atoms with E-state index in [0.717, 1.165) is 11.1 Å². The van der Waals surface area contributed by atoms with E-state index in [4.69, 9.17) is 25.8 Å². The first-order valence-electron chi connectivity index (χ1n) is 11.9. The third-order valence-electron chi connectivity index (χ3n) is 6.28. The van der Waals surface area contributed by atoms with E-state index in [1.54, 1.807) is 35.9 Å². The molecule has 1 atom stereocenters. The van der Waals surface area contributed by atoms with Gasteiger partial charge in [0, 0.05) is 17.8 Å². The molecule has 1 aliphatic rings. The molecule has 1 aromatic heterocycles. The molecular formula is C28H25ClFN5O4. The minimum Gasteiger partial charge on any atom is -0.495 e. The normalized spacial score (nSPS) is 14.3. The molecule has 0 saturated heterocycles. The van der Waals surface area contributed by atoms with Crippen LogP contribution in [0.15, 0.2) is 78.3 Å². The molecule has 0 radical (unpaired) electrons. The monoisotopic (exact) mass is 549 g/mol. The van der Waals surface area contributed by atoms with Crippen molar-refractivity contribution in [2.24, 2.45) is 0 Å². The molecule has 4 aromatic rings. The average molecular weight is 550 g/mol. The van der Waals surface area contributed by atoms with Crippen LogP contribution in [-0.2, 0) is 11.4 Å². The van der Waals surface area contributed by atoms with Crippen LogP contribution in [-0.4, -0.2) is 34.9 Å². The molecule has 2 heterocycles. The quantitative estimate of drug-likeness (QED) is 0.295. The zero-order valence-corrected chi connectivity index (χ0v) is 22.1. The average Bonchev–Trinajstić information content (AvgIpc) is 3.41. The van der Waals surface area contributed by atoms with Crippen LogP contribution in [0.1, 0.15) is 24.1 Å². The van der Waals surface area contributed by atoms with Crippen LogP contribution in [0.5, 0.6) is 17.2 Å². The number of anilines is 2. The number of hydrogen-bond donors (Lipinski definition) is 2. The topological polar surface area (TPSA) is 99.5 Å². The van der Waals surface area contributed by atoms with Crippen molar-refractivity contribution in [3.63, 3.8) is 0 Å². The van der Waals surface area contributed by atoms with Gasteiger partial charge in [-0.25, -0.2) is 9.07 Å². The van der Waals surface area contributed by atoms with Crippen LogP contribution >= 0.6 is 11.6 Å². The number of methoxy groups -OCH3 is 2. The number of allylic oxidation sites excluding steroid dienone is 1. The Hall–Kier alpha value is -4.57. The predicted molar refractivity (Wildman–Crippen MR) is 145 cm³/mol. The highest BCUT2D eigenvalue weighted by Crippen LogP contribution is 2.39. The van der Waals surface area contributed by atoms with Gasteiger partial charge in [-0.2, -0.15) is 10.1 Å². The van der Waals surface area contributed by atoms with Gasteiger partial charge in [0.15, 0.2) is 0 Å². The summed E-state index contributed by atoms with van der Waals surface area (Å²) >= 11 is 6.23. The lowest BCUT2D eigenvalue weighted by molar-refractivity contribution is -0.113. The van der Waals surface area contributed by atoms with Crippen molar-refractivity contribution in [1.29, 1.82) is 0 Å². The number of carbonyl (C=O) groups is 1. The molecule has 5 rings (SSSR count). The fourth-order valence-corrected chi connectivity index (χ4v) is 4.57. The molecule has 3 aromatic carbocycles. The molecule has 0 aliphatic carbocycles. The van der Waals surface area contributed by atoms with E-state index < -0.39 is 6.04 Å². The summed E-state index contributed by atoms with van der Waals surface area (Å²) in [5, 5.41) is 10.8. The fourth-order valence-electron chi connectivity index (χ4n) is 4.33. The lowest BCUT2D eigenvalue weighted by atomic mass is 9.95. The molecule has 0 fully saturated rings. The van der Waals surface area contributed by atoms with Crippen molar-refractivity contribution in [2.75, 3.05) is 24.9 Å². The van der Waals surface area contributed by atoms with Crippen LogP contribution in [0, 0.1) is 5.82 Å². The largest absolute Gasteiger partial charge is 0.495 e. The van der Waals surface area contributed by atoms with Gasteiger partial charge in [0.2, 0.25) is 5.95 Å². The number of fused-ring (bicyclic) bond motifs is 1. The zero-order valence-electron chi connectivity index (χ0n) is 21.4. The van der Waals surface area contributed by atoms with Crippen molar-refractivity contribution in [2.45, 2.75) is 19.6 Å². The van der Waals surface area contributed by atoms with E-state index in [1.807, 2.05) is 24.3 Å². The molecular weight excluding hydrogens is 525 g/mol. The minimum atomic E-state index is -0.574. The number of ether oxygens (including phenoxy) is 3. The molecule has 1 aliphatic heterocycles. The number of hydrogen-bond acceptors (Lipinski definition) is 7. The number of aromatic nitrogens is 3. The molecule has 11 heteroatoms. The minimum absolute atomic E-state index is 0.291. The number of halogens is 2. The Labute approximate surface area is 229 Å². The van der Waals surface area contributed by atoms with Crippen molar-refractivity contribution in [3.05, 3.63) is 100 Å². The van der Waals surface area contributed by atoms with Gasteiger partial charge in [-0.1, -0.05) is 35.9 Å². The maximum absolute atomic E-state index is 13.7. The number of carbonyl (C=O) groups excluding carboxylic acids is 1. The number of rotatable bonds is 8. The third-order valence-corrected chi connectivity index (χ3v) is 6.57. The van der Waals surface area contributed by atoms with Crippen molar-refractivity contribution >= 4 is 29.1 Å². The van der Waals surface area contributed by atoms with E-state index in [9.17, 15) is 9.18 Å². The highest BCUT2D eigenvalue weighted by Gasteiger charge is 2.34. The Morgan fingerprint density at radius 1 is 1.08 bits per heavy atom. The summed E-state index contributed by atoms with van der Waals surface area (Å²) < 4.78 is 31.4. The number of nitrogens with one attached hydrogen (secondary N) is 2. The van der Waals surface area contributed by atoms with E-state index in [-0.39, 0.29) is 11.7 Å². The summed E-state index contributed by atoms with van der Waals surface area (Å²) in [6.07, 6.45) is 1.43. The number of amides is 1. The standard InChI is InChI=1S/C28H25ClFN5O4/c1-16-25(27(36)34-22-13-23(37-2)21(29)12-24(22)38-3)26(35-28(33-16)31-15-32-35)18-6-10-20(11-7-18)39-14-17-4-8-19(30)9-5-17/h4-13,15,26H,14H2,1-3H3,(H,34,36)(H,31,32,33)/t26-/m1/s1. The van der Waals surface area contributed by atoms with Gasteiger partial charge < -0.3 is 24.8 Å². The molecule has 39 heavy (non-hydrogen) atoms. The van der Waals surface area contributed by atoms with Gasteiger partial charge in [-0.05, 0) is 42.3 Å². The van der Waals surface area contributed by atoms with Crippen LogP contribution in [0.2, 0.25) is 5.02 Å². The van der Waals surface area contributed by atoms with E-state index >= 15 is 0 Å². The molecule has 200 valence electrons. The summed E-state index contributed by atoms with van der Waals surface area (Å²) in [6, 6.07) is 16.1. The van der Waals surface area contributed by atoms with Crippen LogP contribution < -0.4 is 24.8 Å². The molecule has 1 amide bonds. The number of nitrogens with zero attached hydrogens (tertiary/aromatic N) is 3. The summed E-state index contributed by atoms with van der Waals surface area (Å²) in [5.74, 6) is 1.25.